The molecule has 2 aliphatic rings. The molecule has 0 saturated carbocycles. The van der Waals surface area contributed by atoms with Gasteiger partial charge in [0.05, 0.1) is 6.04 Å². The van der Waals surface area contributed by atoms with Crippen molar-refractivity contribution in [3.8, 4) is 0 Å². The van der Waals surface area contributed by atoms with Gasteiger partial charge in [-0.2, -0.15) is 0 Å². The SMILES string of the molecule is CCCC(=O)NC[C@H]1[C@H]2C[C@H](CN(c3nc(C)cc(C)n3)C2)c2cccc(=O)n21. The van der Waals surface area contributed by atoms with Crippen LogP contribution in [-0.4, -0.2) is 40.1 Å². The largest absolute Gasteiger partial charge is 0.354 e. The van der Waals surface area contributed by atoms with Gasteiger partial charge in [-0.3, -0.25) is 9.59 Å². The van der Waals surface area contributed by atoms with Crippen molar-refractivity contribution < 1.29 is 4.79 Å². The molecule has 1 fully saturated rings. The number of fused-ring (bicyclic) bond motifs is 4. The molecule has 7 heteroatoms. The number of pyridine rings is 1. The molecule has 2 aromatic rings. The summed E-state index contributed by atoms with van der Waals surface area (Å²) in [7, 11) is 0. The fourth-order valence-electron chi connectivity index (χ4n) is 4.85. The van der Waals surface area contributed by atoms with Gasteiger partial charge >= 0.3 is 0 Å². The number of aromatic nitrogens is 3. The van der Waals surface area contributed by atoms with Gasteiger partial charge in [-0.15, -0.1) is 0 Å². The van der Waals surface area contributed by atoms with E-state index in [9.17, 15) is 9.59 Å². The number of rotatable bonds is 5. The minimum absolute atomic E-state index is 0.0167. The molecule has 0 unspecified atom stereocenters. The van der Waals surface area contributed by atoms with Crippen molar-refractivity contribution in [3.63, 3.8) is 0 Å². The van der Waals surface area contributed by atoms with Crippen molar-refractivity contribution in [3.05, 3.63) is 51.7 Å². The molecule has 1 saturated heterocycles. The summed E-state index contributed by atoms with van der Waals surface area (Å²) in [4.78, 5) is 36.4. The van der Waals surface area contributed by atoms with Crippen LogP contribution in [0.25, 0.3) is 0 Å². The van der Waals surface area contributed by atoms with E-state index in [4.69, 9.17) is 0 Å². The highest BCUT2D eigenvalue weighted by molar-refractivity contribution is 5.75. The zero-order chi connectivity index (χ0) is 20.5. The van der Waals surface area contributed by atoms with Crippen molar-refractivity contribution in [1.82, 2.24) is 19.9 Å². The normalized spacial score (nSPS) is 22.9. The molecule has 1 amide bonds. The Balaban J connectivity index is 1.67. The highest BCUT2D eigenvalue weighted by atomic mass is 16.1. The van der Waals surface area contributed by atoms with E-state index in [0.717, 1.165) is 49.0 Å². The Bertz CT molecular complexity index is 950. The number of amides is 1. The van der Waals surface area contributed by atoms with Crippen LogP contribution in [0.4, 0.5) is 5.95 Å². The summed E-state index contributed by atoms with van der Waals surface area (Å²) < 4.78 is 1.92. The summed E-state index contributed by atoms with van der Waals surface area (Å²) in [5, 5.41) is 3.05. The van der Waals surface area contributed by atoms with Gasteiger partial charge < -0.3 is 14.8 Å². The van der Waals surface area contributed by atoms with Gasteiger partial charge in [-0.05, 0) is 44.7 Å². The summed E-state index contributed by atoms with van der Waals surface area (Å²) in [6, 6.07) is 7.44. The maximum absolute atomic E-state index is 12.7. The lowest BCUT2D eigenvalue weighted by atomic mass is 9.78. The van der Waals surface area contributed by atoms with Crippen LogP contribution < -0.4 is 15.8 Å². The van der Waals surface area contributed by atoms with E-state index in [-0.39, 0.29) is 29.3 Å². The van der Waals surface area contributed by atoms with Gasteiger partial charge in [0.1, 0.15) is 0 Å². The van der Waals surface area contributed by atoms with Crippen LogP contribution in [0.1, 0.15) is 55.2 Å². The van der Waals surface area contributed by atoms with E-state index in [0.29, 0.717) is 13.0 Å². The van der Waals surface area contributed by atoms with Crippen LogP contribution in [0.5, 0.6) is 0 Å². The molecular formula is C22H29N5O2. The second-order valence-electron chi connectivity index (χ2n) is 8.33. The molecule has 2 aromatic heterocycles. The number of nitrogens with one attached hydrogen (secondary N) is 1. The maximum Gasteiger partial charge on any atom is 0.251 e. The quantitative estimate of drug-likeness (QED) is 0.841. The van der Waals surface area contributed by atoms with Crippen molar-refractivity contribution in [2.75, 3.05) is 24.5 Å². The molecule has 3 atom stereocenters. The Morgan fingerprint density at radius 1 is 1.21 bits per heavy atom. The van der Waals surface area contributed by atoms with Crippen molar-refractivity contribution in [2.24, 2.45) is 5.92 Å². The van der Waals surface area contributed by atoms with E-state index >= 15 is 0 Å². The highest BCUT2D eigenvalue weighted by Crippen LogP contribution is 2.41. The van der Waals surface area contributed by atoms with Gasteiger partial charge in [-0.1, -0.05) is 13.0 Å². The minimum Gasteiger partial charge on any atom is -0.354 e. The summed E-state index contributed by atoms with van der Waals surface area (Å²) in [5.41, 5.74) is 2.99. The third-order valence-corrected chi connectivity index (χ3v) is 6.04. The molecular weight excluding hydrogens is 366 g/mol. The van der Waals surface area contributed by atoms with Crippen LogP contribution in [0.15, 0.2) is 29.1 Å². The monoisotopic (exact) mass is 395 g/mol. The van der Waals surface area contributed by atoms with Gasteiger partial charge in [-0.25, -0.2) is 9.97 Å². The number of hydrogen-bond donors (Lipinski definition) is 1. The maximum atomic E-state index is 12.7. The minimum atomic E-state index is -0.0514. The van der Waals surface area contributed by atoms with E-state index in [1.54, 1.807) is 6.07 Å². The number of piperidine rings is 1. The predicted molar refractivity (Wildman–Crippen MR) is 112 cm³/mol. The van der Waals surface area contributed by atoms with Gasteiger partial charge in [0.25, 0.3) is 5.56 Å². The Morgan fingerprint density at radius 2 is 1.97 bits per heavy atom. The molecule has 2 aliphatic heterocycles. The summed E-state index contributed by atoms with van der Waals surface area (Å²) in [6.45, 7) is 8.04. The average Bonchev–Trinajstić information content (AvgIpc) is 2.67. The fraction of sp³-hybridized carbons (Fsp3) is 0.545. The van der Waals surface area contributed by atoms with Crippen LogP contribution >= 0.6 is 0 Å². The van der Waals surface area contributed by atoms with E-state index in [1.807, 2.05) is 37.5 Å². The molecule has 1 N–H and O–H groups in total. The van der Waals surface area contributed by atoms with Crippen LogP contribution in [0, 0.1) is 19.8 Å². The number of hydrogen-bond acceptors (Lipinski definition) is 5. The highest BCUT2D eigenvalue weighted by Gasteiger charge is 2.41. The molecule has 0 spiro atoms. The number of aryl methyl sites for hydroxylation is 2. The molecule has 0 radical (unpaired) electrons. The van der Waals surface area contributed by atoms with E-state index < -0.39 is 0 Å². The first-order valence-electron chi connectivity index (χ1n) is 10.5. The van der Waals surface area contributed by atoms with Crippen molar-refractivity contribution in [2.45, 2.75) is 52.0 Å². The average molecular weight is 396 g/mol. The van der Waals surface area contributed by atoms with E-state index in [2.05, 4.69) is 26.3 Å². The molecule has 0 aliphatic carbocycles. The number of anilines is 1. The predicted octanol–water partition coefficient (Wildman–Crippen LogP) is 2.34. The summed E-state index contributed by atoms with van der Waals surface area (Å²) in [6.07, 6.45) is 2.34. The number of carbonyl (C=O) groups excluding carboxylic acids is 1. The van der Waals surface area contributed by atoms with Crippen LogP contribution in [0.2, 0.25) is 0 Å². The van der Waals surface area contributed by atoms with Crippen LogP contribution in [0.3, 0.4) is 0 Å². The van der Waals surface area contributed by atoms with E-state index in [1.165, 1.54) is 0 Å². The van der Waals surface area contributed by atoms with Crippen LogP contribution in [-0.2, 0) is 4.79 Å². The molecule has 0 aromatic carbocycles. The third-order valence-electron chi connectivity index (χ3n) is 6.04. The zero-order valence-corrected chi connectivity index (χ0v) is 17.4. The second-order valence-corrected chi connectivity index (χ2v) is 8.33. The summed E-state index contributed by atoms with van der Waals surface area (Å²) in [5.74, 6) is 1.32. The molecule has 2 bridgehead atoms. The zero-order valence-electron chi connectivity index (χ0n) is 17.4. The van der Waals surface area contributed by atoms with Crippen molar-refractivity contribution in [1.29, 1.82) is 0 Å². The fourth-order valence-corrected chi connectivity index (χ4v) is 4.85. The first-order valence-corrected chi connectivity index (χ1v) is 10.5. The smallest absolute Gasteiger partial charge is 0.251 e. The molecule has 154 valence electrons. The van der Waals surface area contributed by atoms with Gasteiger partial charge in [0, 0.05) is 55.1 Å². The Hall–Kier alpha value is -2.70. The Morgan fingerprint density at radius 3 is 2.69 bits per heavy atom. The first-order chi connectivity index (χ1) is 14.0. The number of nitrogens with zero attached hydrogens (tertiary/aromatic N) is 4. The molecule has 7 nitrogen and oxygen atoms in total. The standard InChI is InChI=1S/C22H29N5O2/c1-4-6-20(28)23-11-19-17-10-16(18-7-5-8-21(29)27(18)19)12-26(13-17)22-24-14(2)9-15(3)25-22/h5,7-9,16-17,19H,4,6,10-13H2,1-3H3,(H,23,28)/t16-,17+,19+/m1/s1. The Labute approximate surface area is 171 Å². The topological polar surface area (TPSA) is 80.1 Å². The lowest BCUT2D eigenvalue weighted by Crippen LogP contribution is -2.52. The molecule has 4 heterocycles. The lowest BCUT2D eigenvalue weighted by molar-refractivity contribution is -0.121. The van der Waals surface area contributed by atoms with Gasteiger partial charge in [0.15, 0.2) is 0 Å². The molecule has 29 heavy (non-hydrogen) atoms. The molecule has 4 rings (SSSR count). The lowest BCUT2D eigenvalue weighted by Gasteiger charge is -2.47. The third kappa shape index (κ3) is 3.91. The number of carbonyl (C=O) groups is 1. The summed E-state index contributed by atoms with van der Waals surface area (Å²) >= 11 is 0. The van der Waals surface area contributed by atoms with Crippen molar-refractivity contribution >= 4 is 11.9 Å². The van der Waals surface area contributed by atoms with Gasteiger partial charge in [0.2, 0.25) is 11.9 Å². The first kappa shape index (κ1) is 19.6. The second kappa shape index (κ2) is 7.97. The Kier molecular flexibility index (Phi) is 5.39.